The van der Waals surface area contributed by atoms with Gasteiger partial charge in [-0.05, 0) is 20.3 Å². The lowest BCUT2D eigenvalue weighted by Crippen LogP contribution is -2.43. The maximum atomic E-state index is 11.4. The molecule has 0 rings (SSSR count). The quantitative estimate of drug-likeness (QED) is 0.628. The summed E-state index contributed by atoms with van der Waals surface area (Å²) in [5.41, 5.74) is 0. The summed E-state index contributed by atoms with van der Waals surface area (Å²) in [4.78, 5) is 11.4. The number of carbonyl (C=O) groups excluding carboxylic acids is 1. The van der Waals surface area contributed by atoms with Gasteiger partial charge in [0.15, 0.2) is 0 Å². The van der Waals surface area contributed by atoms with E-state index in [-0.39, 0.29) is 18.0 Å². The molecule has 0 radical (unpaired) electrons. The van der Waals surface area contributed by atoms with E-state index in [1.165, 1.54) is 6.42 Å². The highest BCUT2D eigenvalue weighted by Crippen LogP contribution is 2.00. The van der Waals surface area contributed by atoms with Gasteiger partial charge in [-0.1, -0.05) is 19.8 Å². The summed E-state index contributed by atoms with van der Waals surface area (Å²) in [5, 5.41) is 6.08. The second-order valence-corrected chi connectivity index (χ2v) is 4.40. The number of ether oxygens (including phenoxy) is 1. The van der Waals surface area contributed by atoms with E-state index in [1.54, 1.807) is 7.11 Å². The van der Waals surface area contributed by atoms with Crippen molar-refractivity contribution < 1.29 is 9.53 Å². The van der Waals surface area contributed by atoms with Gasteiger partial charge in [-0.15, -0.1) is 0 Å². The van der Waals surface area contributed by atoms with Crippen LogP contribution in [-0.2, 0) is 9.53 Å². The molecule has 0 bridgehead atoms. The first-order valence-electron chi connectivity index (χ1n) is 6.11. The van der Waals surface area contributed by atoms with Crippen molar-refractivity contribution in [1.29, 1.82) is 0 Å². The van der Waals surface area contributed by atoms with Crippen LogP contribution >= 0.6 is 0 Å². The Kier molecular flexibility index (Phi) is 9.24. The van der Waals surface area contributed by atoms with Gasteiger partial charge in [-0.2, -0.15) is 0 Å². The first-order valence-corrected chi connectivity index (χ1v) is 6.11. The third-order valence-electron chi connectivity index (χ3n) is 2.27. The van der Waals surface area contributed by atoms with E-state index in [0.29, 0.717) is 13.2 Å². The second kappa shape index (κ2) is 9.60. The van der Waals surface area contributed by atoms with Crippen LogP contribution in [0.2, 0.25) is 0 Å². The average molecular weight is 230 g/mol. The zero-order valence-electron chi connectivity index (χ0n) is 11.0. The first-order chi connectivity index (χ1) is 7.60. The minimum absolute atomic E-state index is 0.0487. The number of methoxy groups -OCH3 is 1. The molecule has 0 aromatic carbocycles. The molecule has 1 atom stereocenters. The smallest absolute Gasteiger partial charge is 0.234 e. The van der Waals surface area contributed by atoms with Crippen LogP contribution in [0, 0.1) is 0 Å². The van der Waals surface area contributed by atoms with Gasteiger partial charge in [0, 0.05) is 19.2 Å². The molecule has 0 aliphatic carbocycles. The Balaban J connectivity index is 3.77. The van der Waals surface area contributed by atoms with Gasteiger partial charge in [-0.3, -0.25) is 4.79 Å². The highest BCUT2D eigenvalue weighted by Gasteiger charge is 2.09. The summed E-state index contributed by atoms with van der Waals surface area (Å²) >= 11 is 0. The molecule has 2 N–H and O–H groups in total. The zero-order chi connectivity index (χ0) is 12.4. The number of carbonyl (C=O) groups is 1. The Morgan fingerprint density at radius 3 is 2.56 bits per heavy atom. The molecule has 0 aromatic heterocycles. The molecular formula is C12H26N2O2. The fourth-order valence-corrected chi connectivity index (χ4v) is 1.51. The molecule has 4 heteroatoms. The van der Waals surface area contributed by atoms with Gasteiger partial charge in [0.2, 0.25) is 5.91 Å². The van der Waals surface area contributed by atoms with Crippen LogP contribution in [0.3, 0.4) is 0 Å². The number of unbranched alkanes of at least 4 members (excludes halogenated alkanes) is 1. The Morgan fingerprint density at radius 2 is 2.06 bits per heavy atom. The van der Waals surface area contributed by atoms with Crippen molar-refractivity contribution >= 4 is 5.91 Å². The van der Waals surface area contributed by atoms with E-state index >= 15 is 0 Å². The van der Waals surface area contributed by atoms with Crippen molar-refractivity contribution in [2.24, 2.45) is 0 Å². The molecule has 0 aliphatic heterocycles. The molecule has 0 aliphatic rings. The number of amides is 1. The molecule has 16 heavy (non-hydrogen) atoms. The van der Waals surface area contributed by atoms with Crippen molar-refractivity contribution in [3.8, 4) is 0 Å². The highest BCUT2D eigenvalue weighted by atomic mass is 16.5. The van der Waals surface area contributed by atoms with E-state index in [4.69, 9.17) is 4.74 Å². The van der Waals surface area contributed by atoms with Gasteiger partial charge in [-0.25, -0.2) is 0 Å². The van der Waals surface area contributed by atoms with Crippen molar-refractivity contribution in [2.75, 3.05) is 20.3 Å². The number of rotatable bonds is 9. The van der Waals surface area contributed by atoms with Crippen LogP contribution < -0.4 is 10.6 Å². The summed E-state index contributed by atoms with van der Waals surface area (Å²) in [5.74, 6) is 0.0487. The summed E-state index contributed by atoms with van der Waals surface area (Å²) in [6, 6.07) is 0.480. The van der Waals surface area contributed by atoms with Gasteiger partial charge in [0.05, 0.1) is 13.2 Å². The Bertz CT molecular complexity index is 184. The zero-order valence-corrected chi connectivity index (χ0v) is 11.0. The number of hydrogen-bond acceptors (Lipinski definition) is 3. The van der Waals surface area contributed by atoms with Crippen LogP contribution in [0.15, 0.2) is 0 Å². The number of nitrogens with one attached hydrogen (secondary N) is 2. The summed E-state index contributed by atoms with van der Waals surface area (Å²) in [6.07, 6.45) is 3.38. The second-order valence-electron chi connectivity index (χ2n) is 4.40. The molecule has 0 saturated heterocycles. The molecule has 1 amide bonds. The largest absolute Gasteiger partial charge is 0.383 e. The van der Waals surface area contributed by atoms with E-state index in [9.17, 15) is 4.79 Å². The normalized spacial score (nSPS) is 12.8. The van der Waals surface area contributed by atoms with Crippen LogP contribution in [0.4, 0.5) is 0 Å². The van der Waals surface area contributed by atoms with Crippen molar-refractivity contribution in [3.63, 3.8) is 0 Å². The lowest BCUT2D eigenvalue weighted by molar-refractivity contribution is -0.120. The Hall–Kier alpha value is -0.610. The maximum absolute atomic E-state index is 11.4. The molecule has 0 spiro atoms. The molecule has 0 saturated carbocycles. The molecule has 0 fully saturated rings. The van der Waals surface area contributed by atoms with Crippen LogP contribution in [0.1, 0.15) is 40.0 Å². The van der Waals surface area contributed by atoms with E-state index in [2.05, 4.69) is 17.6 Å². The molecule has 4 nitrogen and oxygen atoms in total. The average Bonchev–Trinajstić information content (AvgIpc) is 2.21. The molecule has 0 aromatic rings. The van der Waals surface area contributed by atoms with Gasteiger partial charge in [0.1, 0.15) is 0 Å². The lowest BCUT2D eigenvalue weighted by Gasteiger charge is -2.18. The molecule has 1 unspecified atom stereocenters. The molecule has 96 valence electrons. The van der Waals surface area contributed by atoms with Gasteiger partial charge >= 0.3 is 0 Å². The van der Waals surface area contributed by atoms with Gasteiger partial charge in [0.25, 0.3) is 0 Å². The molecule has 0 heterocycles. The third kappa shape index (κ3) is 8.68. The topological polar surface area (TPSA) is 50.4 Å². The summed E-state index contributed by atoms with van der Waals surface area (Å²) in [6.45, 7) is 7.11. The predicted molar refractivity (Wildman–Crippen MR) is 66.5 cm³/mol. The minimum atomic E-state index is 0.0487. The van der Waals surface area contributed by atoms with E-state index < -0.39 is 0 Å². The van der Waals surface area contributed by atoms with E-state index in [0.717, 1.165) is 12.8 Å². The van der Waals surface area contributed by atoms with Crippen molar-refractivity contribution in [1.82, 2.24) is 10.6 Å². The Labute approximate surface area is 99.1 Å². The SMILES string of the molecule is CCCCC(COC)NCC(=O)NC(C)C. The van der Waals surface area contributed by atoms with E-state index in [1.807, 2.05) is 13.8 Å². The summed E-state index contributed by atoms with van der Waals surface area (Å²) in [7, 11) is 1.69. The van der Waals surface area contributed by atoms with Crippen LogP contribution in [0.5, 0.6) is 0 Å². The highest BCUT2D eigenvalue weighted by molar-refractivity contribution is 5.78. The minimum Gasteiger partial charge on any atom is -0.383 e. The van der Waals surface area contributed by atoms with Crippen molar-refractivity contribution in [3.05, 3.63) is 0 Å². The summed E-state index contributed by atoms with van der Waals surface area (Å²) < 4.78 is 5.12. The predicted octanol–water partition coefficient (Wildman–Crippen LogP) is 1.31. The fourth-order valence-electron chi connectivity index (χ4n) is 1.51. The monoisotopic (exact) mass is 230 g/mol. The van der Waals surface area contributed by atoms with Crippen LogP contribution in [-0.4, -0.2) is 38.3 Å². The molecular weight excluding hydrogens is 204 g/mol. The lowest BCUT2D eigenvalue weighted by atomic mass is 10.1. The van der Waals surface area contributed by atoms with Crippen LogP contribution in [0.25, 0.3) is 0 Å². The maximum Gasteiger partial charge on any atom is 0.234 e. The third-order valence-corrected chi connectivity index (χ3v) is 2.27. The van der Waals surface area contributed by atoms with Crippen molar-refractivity contribution in [2.45, 2.75) is 52.1 Å². The fraction of sp³-hybridized carbons (Fsp3) is 0.917. The standard InChI is InChI=1S/C12H26N2O2/c1-5-6-7-11(9-16-4)13-8-12(15)14-10(2)3/h10-11,13H,5-9H2,1-4H3,(H,14,15). The first kappa shape index (κ1) is 15.4. The Morgan fingerprint density at radius 1 is 1.38 bits per heavy atom. The van der Waals surface area contributed by atoms with Gasteiger partial charge < -0.3 is 15.4 Å². The number of hydrogen-bond donors (Lipinski definition) is 2.